The average Bonchev–Trinajstić information content (AvgIpc) is 3.27. The van der Waals surface area contributed by atoms with Gasteiger partial charge in [-0.15, -0.1) is 5.10 Å². The van der Waals surface area contributed by atoms with Gasteiger partial charge in [0.05, 0.1) is 25.5 Å². The Balaban J connectivity index is 1.59. The molecule has 0 aliphatic rings. The van der Waals surface area contributed by atoms with Gasteiger partial charge in [-0.25, -0.2) is 14.3 Å². The predicted molar refractivity (Wildman–Crippen MR) is 124 cm³/mol. The number of esters is 1. The molecule has 2 aromatic carbocycles. The molecule has 33 heavy (non-hydrogen) atoms. The maximum atomic E-state index is 13.2. The summed E-state index contributed by atoms with van der Waals surface area (Å²) in [5, 5.41) is 7.74. The minimum Gasteiger partial charge on any atom is -0.497 e. The first-order chi connectivity index (χ1) is 16.0. The van der Waals surface area contributed by atoms with Crippen molar-refractivity contribution < 1.29 is 19.1 Å². The summed E-state index contributed by atoms with van der Waals surface area (Å²) in [7, 11) is 3.24. The van der Waals surface area contributed by atoms with E-state index in [9.17, 15) is 9.59 Å². The van der Waals surface area contributed by atoms with Crippen molar-refractivity contribution in [3.63, 3.8) is 0 Å². The van der Waals surface area contributed by atoms with Crippen LogP contribution in [0.2, 0.25) is 0 Å². The minimum absolute atomic E-state index is 0.276. The molecule has 0 aliphatic carbocycles. The average molecular weight is 445 g/mol. The van der Waals surface area contributed by atoms with E-state index in [0.717, 1.165) is 11.4 Å². The molecule has 4 rings (SSSR count). The number of fused-ring (bicyclic) bond motifs is 1. The fraction of sp³-hybridized carbons (Fsp3) is 0.167. The Bertz CT molecular complexity index is 1300. The molecule has 0 spiro atoms. The first kappa shape index (κ1) is 21.8. The quantitative estimate of drug-likeness (QED) is 0.430. The highest BCUT2D eigenvalue weighted by Crippen LogP contribution is 2.21. The van der Waals surface area contributed by atoms with Gasteiger partial charge in [-0.2, -0.15) is 0 Å². The van der Waals surface area contributed by atoms with Gasteiger partial charge in [0.1, 0.15) is 5.75 Å². The van der Waals surface area contributed by atoms with Gasteiger partial charge in [0.2, 0.25) is 0 Å². The largest absolute Gasteiger partial charge is 0.497 e. The number of carbonyl (C=O) groups excluding carboxylic acids is 2. The van der Waals surface area contributed by atoms with Crippen molar-refractivity contribution in [3.8, 4) is 5.75 Å². The number of nitrogens with zero attached hydrogens (tertiary/aromatic N) is 4. The molecule has 2 aromatic heterocycles. The van der Waals surface area contributed by atoms with Crippen LogP contribution in [0.25, 0.3) is 5.65 Å². The number of imidazole rings is 1. The molecule has 1 amide bonds. The number of hydrogen-bond acceptors (Lipinski definition) is 7. The van der Waals surface area contributed by atoms with Gasteiger partial charge in [0.25, 0.3) is 5.91 Å². The fourth-order valence-electron chi connectivity index (χ4n) is 3.25. The van der Waals surface area contributed by atoms with Crippen LogP contribution in [0, 0.1) is 0 Å². The van der Waals surface area contributed by atoms with Gasteiger partial charge in [0.15, 0.2) is 17.2 Å². The number of hydrogen-bond donors (Lipinski definition) is 1. The summed E-state index contributed by atoms with van der Waals surface area (Å²) in [6.45, 7) is 2.02. The number of nitrogens with one attached hydrogen (secondary N) is 1. The molecule has 2 heterocycles. The monoisotopic (exact) mass is 445 g/mol. The summed E-state index contributed by atoms with van der Waals surface area (Å²) in [5.41, 5.74) is 2.56. The molecule has 168 valence electrons. The molecule has 9 nitrogen and oxygen atoms in total. The Morgan fingerprint density at radius 3 is 2.61 bits per heavy atom. The summed E-state index contributed by atoms with van der Waals surface area (Å²) in [4.78, 5) is 31.0. The van der Waals surface area contributed by atoms with E-state index in [2.05, 4.69) is 15.4 Å². The minimum atomic E-state index is -0.439. The number of methoxy groups -OCH3 is 1. The molecule has 0 atom stereocenters. The number of anilines is 3. The Morgan fingerprint density at radius 1 is 1.09 bits per heavy atom. The lowest BCUT2D eigenvalue weighted by Gasteiger charge is -2.17. The lowest BCUT2D eigenvalue weighted by molar-refractivity contribution is 0.0526. The van der Waals surface area contributed by atoms with Gasteiger partial charge in [-0.05, 0) is 61.5 Å². The maximum Gasteiger partial charge on any atom is 0.338 e. The number of rotatable bonds is 7. The number of ether oxygens (including phenoxy) is 2. The fourth-order valence-corrected chi connectivity index (χ4v) is 3.25. The van der Waals surface area contributed by atoms with Crippen LogP contribution >= 0.6 is 0 Å². The number of aromatic nitrogens is 3. The Kier molecular flexibility index (Phi) is 6.21. The van der Waals surface area contributed by atoms with Crippen LogP contribution in [0.3, 0.4) is 0 Å². The first-order valence-electron chi connectivity index (χ1n) is 10.3. The van der Waals surface area contributed by atoms with Crippen LogP contribution < -0.4 is 15.0 Å². The molecule has 9 heteroatoms. The molecule has 0 bridgehead atoms. The van der Waals surface area contributed by atoms with Gasteiger partial charge < -0.3 is 19.7 Å². The summed E-state index contributed by atoms with van der Waals surface area (Å²) >= 11 is 0. The third kappa shape index (κ3) is 4.62. The molecule has 0 unspecified atom stereocenters. The Morgan fingerprint density at radius 2 is 1.88 bits per heavy atom. The van der Waals surface area contributed by atoms with Gasteiger partial charge in [-0.1, -0.05) is 6.07 Å². The molecule has 1 N–H and O–H groups in total. The zero-order valence-corrected chi connectivity index (χ0v) is 18.5. The van der Waals surface area contributed by atoms with E-state index in [4.69, 9.17) is 9.47 Å². The first-order valence-corrected chi connectivity index (χ1v) is 10.3. The van der Waals surface area contributed by atoms with Crippen LogP contribution in [-0.4, -0.2) is 47.2 Å². The van der Waals surface area contributed by atoms with E-state index < -0.39 is 5.97 Å². The molecule has 0 radical (unpaired) electrons. The molecular formula is C24H23N5O4. The topological polar surface area (TPSA) is 98.1 Å². The standard InChI is InChI=1S/C24H23N5O4/c1-4-33-24(31)16-6-5-7-18(14-16)28(2)23(30)20-15-25-22-13-12-21(27-29(20)22)26-17-8-10-19(32-3)11-9-17/h5-15H,4H2,1-3H3,(H,26,27). The molecule has 4 aromatic rings. The number of benzene rings is 2. The van der Waals surface area contributed by atoms with Crippen molar-refractivity contribution in [1.82, 2.24) is 14.6 Å². The van der Waals surface area contributed by atoms with Gasteiger partial charge >= 0.3 is 5.97 Å². The lowest BCUT2D eigenvalue weighted by atomic mass is 10.2. The molecule has 0 aliphatic heterocycles. The van der Waals surface area contributed by atoms with Crippen LogP contribution in [0.15, 0.2) is 66.9 Å². The SMILES string of the molecule is CCOC(=O)c1cccc(N(C)C(=O)c2cnc3ccc(Nc4ccc(OC)cc4)nn23)c1. The second-order valence-electron chi connectivity index (χ2n) is 7.12. The molecule has 0 saturated carbocycles. The number of amides is 1. The van der Waals surface area contributed by atoms with Crippen molar-refractivity contribution in [2.75, 3.05) is 31.0 Å². The highest BCUT2D eigenvalue weighted by molar-refractivity contribution is 6.05. The van der Waals surface area contributed by atoms with Crippen molar-refractivity contribution in [3.05, 3.63) is 78.1 Å². The smallest absolute Gasteiger partial charge is 0.338 e. The van der Waals surface area contributed by atoms with Crippen molar-refractivity contribution in [2.45, 2.75) is 6.92 Å². The summed E-state index contributed by atoms with van der Waals surface area (Å²) in [6, 6.07) is 17.7. The molecule has 0 saturated heterocycles. The van der Waals surface area contributed by atoms with E-state index in [1.807, 2.05) is 24.3 Å². The zero-order valence-electron chi connectivity index (χ0n) is 18.5. The van der Waals surface area contributed by atoms with E-state index in [-0.39, 0.29) is 18.2 Å². The van der Waals surface area contributed by atoms with Gasteiger partial charge in [-0.3, -0.25) is 4.79 Å². The van der Waals surface area contributed by atoms with Crippen molar-refractivity contribution >= 4 is 34.7 Å². The number of carbonyl (C=O) groups is 2. The Hall–Kier alpha value is -4.40. The van der Waals surface area contributed by atoms with Crippen LogP contribution in [0.1, 0.15) is 27.8 Å². The highest BCUT2D eigenvalue weighted by Gasteiger charge is 2.20. The maximum absolute atomic E-state index is 13.2. The zero-order chi connectivity index (χ0) is 23.4. The normalized spacial score (nSPS) is 10.6. The molecule has 0 fully saturated rings. The highest BCUT2D eigenvalue weighted by atomic mass is 16.5. The molecular weight excluding hydrogens is 422 g/mol. The van der Waals surface area contributed by atoms with Crippen molar-refractivity contribution in [1.29, 1.82) is 0 Å². The second-order valence-corrected chi connectivity index (χ2v) is 7.12. The van der Waals surface area contributed by atoms with Crippen molar-refractivity contribution in [2.24, 2.45) is 0 Å². The van der Waals surface area contributed by atoms with E-state index >= 15 is 0 Å². The van der Waals surface area contributed by atoms with Gasteiger partial charge in [0, 0.05) is 18.4 Å². The lowest BCUT2D eigenvalue weighted by Crippen LogP contribution is -2.28. The summed E-state index contributed by atoms with van der Waals surface area (Å²) in [6.07, 6.45) is 1.48. The third-order valence-corrected chi connectivity index (χ3v) is 4.99. The van der Waals surface area contributed by atoms with E-state index in [1.165, 1.54) is 15.6 Å². The second kappa shape index (κ2) is 9.39. The van der Waals surface area contributed by atoms with Crippen LogP contribution in [0.4, 0.5) is 17.2 Å². The predicted octanol–water partition coefficient (Wildman–Crippen LogP) is 3.93. The summed E-state index contributed by atoms with van der Waals surface area (Å²) < 4.78 is 11.7. The van der Waals surface area contributed by atoms with E-state index in [1.54, 1.807) is 57.5 Å². The summed E-state index contributed by atoms with van der Waals surface area (Å²) in [5.74, 6) is 0.539. The van der Waals surface area contributed by atoms with Crippen LogP contribution in [0.5, 0.6) is 5.75 Å². The third-order valence-electron chi connectivity index (χ3n) is 4.99. The van der Waals surface area contributed by atoms with E-state index in [0.29, 0.717) is 22.7 Å². The Labute approximate surface area is 190 Å². The van der Waals surface area contributed by atoms with Crippen LogP contribution in [-0.2, 0) is 4.74 Å².